The van der Waals surface area contributed by atoms with Gasteiger partial charge >= 0.3 is 0 Å². The van der Waals surface area contributed by atoms with E-state index in [1.807, 2.05) is 31.2 Å². The standard InChI is InChI=1S/C19H22N2O3S/c1-15-4-6-16(7-5-15)14-19(22)20-17-8-10-18(11-9-17)25(23,24)21-12-2-3-13-21/h4-11H,2-3,12-14H2,1H3,(H,20,22). The van der Waals surface area contributed by atoms with E-state index in [2.05, 4.69) is 5.32 Å². The lowest BCUT2D eigenvalue weighted by atomic mass is 10.1. The van der Waals surface area contributed by atoms with Crippen molar-refractivity contribution in [3.63, 3.8) is 0 Å². The Balaban J connectivity index is 1.64. The molecule has 5 nitrogen and oxygen atoms in total. The van der Waals surface area contributed by atoms with E-state index in [0.717, 1.165) is 24.0 Å². The van der Waals surface area contributed by atoms with Crippen LogP contribution in [0.1, 0.15) is 24.0 Å². The van der Waals surface area contributed by atoms with Crippen molar-refractivity contribution >= 4 is 21.6 Å². The van der Waals surface area contributed by atoms with Gasteiger partial charge < -0.3 is 5.32 Å². The number of nitrogens with zero attached hydrogens (tertiary/aromatic N) is 1. The summed E-state index contributed by atoms with van der Waals surface area (Å²) in [5, 5.41) is 2.81. The Morgan fingerprint density at radius 3 is 2.20 bits per heavy atom. The van der Waals surface area contributed by atoms with E-state index in [-0.39, 0.29) is 17.2 Å². The number of anilines is 1. The molecule has 1 amide bonds. The number of aryl methyl sites for hydroxylation is 1. The van der Waals surface area contributed by atoms with Crippen LogP contribution < -0.4 is 5.32 Å². The number of rotatable bonds is 5. The van der Waals surface area contributed by atoms with Crippen molar-refractivity contribution in [3.8, 4) is 0 Å². The summed E-state index contributed by atoms with van der Waals surface area (Å²) in [5.74, 6) is -0.126. The van der Waals surface area contributed by atoms with E-state index >= 15 is 0 Å². The van der Waals surface area contributed by atoms with Crippen LogP contribution in [0.15, 0.2) is 53.4 Å². The summed E-state index contributed by atoms with van der Waals surface area (Å²) in [5.41, 5.74) is 2.69. The third-order valence-electron chi connectivity index (χ3n) is 4.33. The van der Waals surface area contributed by atoms with Crippen LogP contribution in [0, 0.1) is 6.92 Å². The molecule has 0 spiro atoms. The Morgan fingerprint density at radius 2 is 1.60 bits per heavy atom. The summed E-state index contributed by atoms with van der Waals surface area (Å²) in [4.78, 5) is 12.4. The van der Waals surface area contributed by atoms with E-state index in [1.165, 1.54) is 4.31 Å². The topological polar surface area (TPSA) is 66.5 Å². The quantitative estimate of drug-likeness (QED) is 0.894. The zero-order chi connectivity index (χ0) is 17.9. The number of nitrogens with one attached hydrogen (secondary N) is 1. The average molecular weight is 358 g/mol. The van der Waals surface area contributed by atoms with Crippen LogP contribution in [-0.2, 0) is 21.2 Å². The molecule has 132 valence electrons. The second-order valence-electron chi connectivity index (χ2n) is 6.35. The van der Waals surface area contributed by atoms with Crippen molar-refractivity contribution in [2.75, 3.05) is 18.4 Å². The van der Waals surface area contributed by atoms with E-state index < -0.39 is 10.0 Å². The smallest absolute Gasteiger partial charge is 0.243 e. The minimum Gasteiger partial charge on any atom is -0.326 e. The van der Waals surface area contributed by atoms with Crippen LogP contribution in [0.25, 0.3) is 0 Å². The molecule has 25 heavy (non-hydrogen) atoms. The predicted octanol–water partition coefficient (Wildman–Crippen LogP) is 2.96. The summed E-state index contributed by atoms with van der Waals surface area (Å²) >= 11 is 0. The van der Waals surface area contributed by atoms with E-state index in [9.17, 15) is 13.2 Å². The lowest BCUT2D eigenvalue weighted by Crippen LogP contribution is -2.27. The maximum absolute atomic E-state index is 12.5. The van der Waals surface area contributed by atoms with Gasteiger partial charge in [-0.2, -0.15) is 4.31 Å². The molecule has 0 aliphatic carbocycles. The highest BCUT2D eigenvalue weighted by Gasteiger charge is 2.26. The second-order valence-corrected chi connectivity index (χ2v) is 8.28. The molecule has 0 radical (unpaired) electrons. The first-order valence-electron chi connectivity index (χ1n) is 8.41. The highest BCUT2D eigenvalue weighted by Crippen LogP contribution is 2.22. The molecule has 3 rings (SSSR count). The van der Waals surface area contributed by atoms with Gasteiger partial charge in [0.2, 0.25) is 15.9 Å². The zero-order valence-corrected chi connectivity index (χ0v) is 15.1. The predicted molar refractivity (Wildman–Crippen MR) is 97.9 cm³/mol. The fourth-order valence-corrected chi connectivity index (χ4v) is 4.40. The largest absolute Gasteiger partial charge is 0.326 e. The molecular weight excluding hydrogens is 336 g/mol. The van der Waals surface area contributed by atoms with Gasteiger partial charge in [0.1, 0.15) is 0 Å². The van der Waals surface area contributed by atoms with Crippen LogP contribution >= 0.6 is 0 Å². The molecular formula is C19H22N2O3S. The molecule has 2 aromatic rings. The number of sulfonamides is 1. The lowest BCUT2D eigenvalue weighted by molar-refractivity contribution is -0.115. The first-order valence-corrected chi connectivity index (χ1v) is 9.85. The molecule has 1 aliphatic heterocycles. The van der Waals surface area contributed by atoms with E-state index in [1.54, 1.807) is 24.3 Å². The maximum Gasteiger partial charge on any atom is 0.243 e. The Labute approximate surface area is 148 Å². The SMILES string of the molecule is Cc1ccc(CC(=O)Nc2ccc(S(=O)(=O)N3CCCC3)cc2)cc1. The summed E-state index contributed by atoms with van der Waals surface area (Å²) in [6.07, 6.45) is 2.10. The fraction of sp³-hybridized carbons (Fsp3) is 0.316. The summed E-state index contributed by atoms with van der Waals surface area (Å²) in [6, 6.07) is 14.2. The van der Waals surface area contributed by atoms with Crippen LogP contribution in [0.4, 0.5) is 5.69 Å². The third kappa shape index (κ3) is 4.27. The van der Waals surface area contributed by atoms with Gasteiger partial charge in [0.15, 0.2) is 0 Å². The maximum atomic E-state index is 12.5. The van der Waals surface area contributed by atoms with Gasteiger partial charge in [-0.3, -0.25) is 4.79 Å². The highest BCUT2D eigenvalue weighted by atomic mass is 32.2. The van der Waals surface area contributed by atoms with Crippen molar-refractivity contribution in [2.45, 2.75) is 31.1 Å². The molecule has 0 bridgehead atoms. The third-order valence-corrected chi connectivity index (χ3v) is 6.24. The highest BCUT2D eigenvalue weighted by molar-refractivity contribution is 7.89. The Kier molecular flexibility index (Phi) is 5.20. The molecule has 1 fully saturated rings. The Bertz CT molecular complexity index is 837. The fourth-order valence-electron chi connectivity index (χ4n) is 2.88. The normalized spacial score (nSPS) is 15.2. The first-order chi connectivity index (χ1) is 11.9. The molecule has 0 saturated carbocycles. The summed E-state index contributed by atoms with van der Waals surface area (Å²) < 4.78 is 26.5. The van der Waals surface area contributed by atoms with Gasteiger partial charge in [-0.1, -0.05) is 29.8 Å². The van der Waals surface area contributed by atoms with Gasteiger partial charge in [-0.05, 0) is 49.6 Å². The number of hydrogen-bond donors (Lipinski definition) is 1. The van der Waals surface area contributed by atoms with Crippen molar-refractivity contribution in [3.05, 3.63) is 59.7 Å². The summed E-state index contributed by atoms with van der Waals surface area (Å²) in [7, 11) is -3.42. The monoisotopic (exact) mass is 358 g/mol. The van der Waals surface area contributed by atoms with Gasteiger partial charge in [-0.25, -0.2) is 8.42 Å². The number of benzene rings is 2. The summed E-state index contributed by atoms with van der Waals surface area (Å²) in [6.45, 7) is 3.16. The van der Waals surface area contributed by atoms with Gasteiger partial charge in [0, 0.05) is 18.8 Å². The van der Waals surface area contributed by atoms with E-state index in [4.69, 9.17) is 0 Å². The van der Waals surface area contributed by atoms with Gasteiger partial charge in [-0.15, -0.1) is 0 Å². The molecule has 0 atom stereocenters. The minimum absolute atomic E-state index is 0.126. The zero-order valence-electron chi connectivity index (χ0n) is 14.2. The van der Waals surface area contributed by atoms with Crippen molar-refractivity contribution in [2.24, 2.45) is 0 Å². The number of amides is 1. The Morgan fingerprint density at radius 1 is 1.00 bits per heavy atom. The molecule has 1 saturated heterocycles. The number of carbonyl (C=O) groups excluding carboxylic acids is 1. The van der Waals surface area contributed by atoms with Crippen LogP contribution in [0.3, 0.4) is 0 Å². The first kappa shape index (κ1) is 17.6. The number of carbonyl (C=O) groups is 1. The van der Waals surface area contributed by atoms with Gasteiger partial charge in [0.05, 0.1) is 11.3 Å². The minimum atomic E-state index is -3.42. The molecule has 0 aromatic heterocycles. The lowest BCUT2D eigenvalue weighted by Gasteiger charge is -2.15. The van der Waals surface area contributed by atoms with Crippen LogP contribution in [0.5, 0.6) is 0 Å². The van der Waals surface area contributed by atoms with E-state index in [0.29, 0.717) is 18.8 Å². The molecule has 1 N–H and O–H groups in total. The van der Waals surface area contributed by atoms with Crippen molar-refractivity contribution in [1.29, 1.82) is 0 Å². The molecule has 1 heterocycles. The molecule has 6 heteroatoms. The van der Waals surface area contributed by atoms with Crippen molar-refractivity contribution < 1.29 is 13.2 Å². The molecule has 1 aliphatic rings. The van der Waals surface area contributed by atoms with Crippen molar-refractivity contribution in [1.82, 2.24) is 4.31 Å². The average Bonchev–Trinajstić information content (AvgIpc) is 3.13. The number of hydrogen-bond acceptors (Lipinski definition) is 3. The van der Waals surface area contributed by atoms with Crippen LogP contribution in [-0.4, -0.2) is 31.7 Å². The molecule has 0 unspecified atom stereocenters. The molecule has 2 aromatic carbocycles. The second kappa shape index (κ2) is 7.37. The Hall–Kier alpha value is -2.18. The van der Waals surface area contributed by atoms with Crippen LogP contribution in [0.2, 0.25) is 0 Å². The van der Waals surface area contributed by atoms with Gasteiger partial charge in [0.25, 0.3) is 0 Å².